The molecule has 1 saturated carbocycles. The quantitative estimate of drug-likeness (QED) is 0.594. The van der Waals surface area contributed by atoms with Gasteiger partial charge in [-0.2, -0.15) is 5.26 Å². The zero-order valence-corrected chi connectivity index (χ0v) is 6.55. The maximum Gasteiger partial charge on any atom is 0.0689 e. The van der Waals surface area contributed by atoms with E-state index in [0.29, 0.717) is 5.92 Å². The molecule has 0 spiro atoms. The average Bonchev–Trinajstić information content (AvgIpc) is 2.59. The average molecular weight is 139 g/mol. The summed E-state index contributed by atoms with van der Waals surface area (Å²) in [5.41, 5.74) is -0.0153. The van der Waals surface area contributed by atoms with Crippen molar-refractivity contribution in [2.75, 3.05) is 13.7 Å². The van der Waals surface area contributed by atoms with E-state index in [-0.39, 0.29) is 5.41 Å². The minimum atomic E-state index is -0.0153. The van der Waals surface area contributed by atoms with E-state index in [1.165, 1.54) is 0 Å². The molecule has 0 aromatic rings. The molecular weight excluding hydrogens is 126 g/mol. The lowest BCUT2D eigenvalue weighted by Gasteiger charge is -1.98. The lowest BCUT2D eigenvalue weighted by Crippen LogP contribution is -1.96. The van der Waals surface area contributed by atoms with Crippen molar-refractivity contribution < 1.29 is 4.74 Å². The Labute approximate surface area is 61.8 Å². The van der Waals surface area contributed by atoms with Crippen LogP contribution in [0.1, 0.15) is 19.8 Å². The Morgan fingerprint density at radius 2 is 2.50 bits per heavy atom. The first-order chi connectivity index (χ1) is 4.73. The summed E-state index contributed by atoms with van der Waals surface area (Å²) in [5, 5.41) is 8.64. The predicted octanol–water partition coefficient (Wildman–Crippen LogP) is 1.57. The van der Waals surface area contributed by atoms with Crippen molar-refractivity contribution in [3.8, 4) is 6.07 Å². The Kier molecular flexibility index (Phi) is 1.96. The Bertz CT molecular complexity index is 161. The lowest BCUT2D eigenvalue weighted by atomic mass is 10.1. The van der Waals surface area contributed by atoms with Crippen LogP contribution in [0.15, 0.2) is 0 Å². The SMILES string of the molecule is COCCC1CC1(C)C#N. The highest BCUT2D eigenvalue weighted by atomic mass is 16.5. The van der Waals surface area contributed by atoms with Crippen molar-refractivity contribution in [2.45, 2.75) is 19.8 Å². The molecule has 1 rings (SSSR count). The van der Waals surface area contributed by atoms with Gasteiger partial charge in [0.1, 0.15) is 0 Å². The molecule has 2 unspecified atom stereocenters. The van der Waals surface area contributed by atoms with E-state index in [0.717, 1.165) is 19.4 Å². The molecule has 1 aliphatic rings. The monoisotopic (exact) mass is 139 g/mol. The molecule has 0 saturated heterocycles. The van der Waals surface area contributed by atoms with Crippen LogP contribution in [0.5, 0.6) is 0 Å². The van der Waals surface area contributed by atoms with Gasteiger partial charge in [-0.05, 0) is 25.7 Å². The number of rotatable bonds is 3. The summed E-state index contributed by atoms with van der Waals surface area (Å²) in [6.07, 6.45) is 2.10. The second-order valence-corrected chi connectivity index (χ2v) is 3.21. The third kappa shape index (κ3) is 1.30. The van der Waals surface area contributed by atoms with Crippen LogP contribution in [0.4, 0.5) is 0 Å². The zero-order chi connectivity index (χ0) is 7.61. The van der Waals surface area contributed by atoms with Crippen LogP contribution in [0.3, 0.4) is 0 Å². The minimum absolute atomic E-state index is 0.0153. The maximum atomic E-state index is 8.64. The fourth-order valence-corrected chi connectivity index (χ4v) is 1.27. The maximum absolute atomic E-state index is 8.64. The number of ether oxygens (including phenoxy) is 1. The fraction of sp³-hybridized carbons (Fsp3) is 0.875. The Hall–Kier alpha value is -0.550. The van der Waals surface area contributed by atoms with E-state index < -0.39 is 0 Å². The molecule has 56 valence electrons. The standard InChI is InChI=1S/C8H13NO/c1-8(6-9)5-7(8)3-4-10-2/h7H,3-5H2,1-2H3. The molecule has 0 aromatic heterocycles. The highest BCUT2D eigenvalue weighted by Gasteiger charge is 2.49. The molecule has 0 aromatic carbocycles. The van der Waals surface area contributed by atoms with Gasteiger partial charge in [0.05, 0.1) is 11.5 Å². The number of nitriles is 1. The van der Waals surface area contributed by atoms with E-state index in [1.807, 2.05) is 6.92 Å². The van der Waals surface area contributed by atoms with Gasteiger partial charge in [-0.1, -0.05) is 0 Å². The van der Waals surface area contributed by atoms with Crippen LogP contribution in [-0.4, -0.2) is 13.7 Å². The van der Waals surface area contributed by atoms with Gasteiger partial charge in [-0.25, -0.2) is 0 Å². The second kappa shape index (κ2) is 2.59. The molecule has 2 atom stereocenters. The molecule has 1 fully saturated rings. The van der Waals surface area contributed by atoms with Crippen LogP contribution < -0.4 is 0 Å². The summed E-state index contributed by atoms with van der Waals surface area (Å²) in [7, 11) is 1.70. The van der Waals surface area contributed by atoms with Crippen LogP contribution in [0, 0.1) is 22.7 Å². The van der Waals surface area contributed by atoms with Crippen molar-refractivity contribution >= 4 is 0 Å². The molecule has 2 heteroatoms. The van der Waals surface area contributed by atoms with Crippen molar-refractivity contribution in [3.63, 3.8) is 0 Å². The van der Waals surface area contributed by atoms with E-state index >= 15 is 0 Å². The second-order valence-electron chi connectivity index (χ2n) is 3.21. The smallest absolute Gasteiger partial charge is 0.0689 e. The molecule has 0 radical (unpaired) electrons. The molecule has 0 heterocycles. The third-order valence-electron chi connectivity index (χ3n) is 2.34. The highest BCUT2D eigenvalue weighted by Crippen LogP contribution is 2.53. The van der Waals surface area contributed by atoms with Crippen LogP contribution in [-0.2, 0) is 4.74 Å². The van der Waals surface area contributed by atoms with Gasteiger partial charge in [0.25, 0.3) is 0 Å². The van der Waals surface area contributed by atoms with E-state index in [4.69, 9.17) is 10.00 Å². The molecule has 0 aliphatic heterocycles. The first-order valence-electron chi connectivity index (χ1n) is 3.63. The van der Waals surface area contributed by atoms with Gasteiger partial charge in [-0.15, -0.1) is 0 Å². The Morgan fingerprint density at radius 3 is 2.90 bits per heavy atom. The van der Waals surface area contributed by atoms with Crippen molar-refractivity contribution in [1.29, 1.82) is 5.26 Å². The highest BCUT2D eigenvalue weighted by molar-refractivity contribution is 5.12. The minimum Gasteiger partial charge on any atom is -0.385 e. The first-order valence-corrected chi connectivity index (χ1v) is 3.63. The molecule has 1 aliphatic carbocycles. The van der Waals surface area contributed by atoms with Crippen molar-refractivity contribution in [1.82, 2.24) is 0 Å². The predicted molar refractivity (Wildman–Crippen MR) is 38.3 cm³/mol. The Morgan fingerprint density at radius 1 is 1.80 bits per heavy atom. The van der Waals surface area contributed by atoms with E-state index in [9.17, 15) is 0 Å². The van der Waals surface area contributed by atoms with Gasteiger partial charge >= 0.3 is 0 Å². The topological polar surface area (TPSA) is 33.0 Å². The summed E-state index contributed by atoms with van der Waals surface area (Å²) in [4.78, 5) is 0. The van der Waals surface area contributed by atoms with Gasteiger partial charge < -0.3 is 4.74 Å². The number of hydrogen-bond acceptors (Lipinski definition) is 2. The molecule has 0 bridgehead atoms. The van der Waals surface area contributed by atoms with Crippen molar-refractivity contribution in [3.05, 3.63) is 0 Å². The molecule has 0 amide bonds. The van der Waals surface area contributed by atoms with Gasteiger partial charge in [-0.3, -0.25) is 0 Å². The zero-order valence-electron chi connectivity index (χ0n) is 6.55. The third-order valence-corrected chi connectivity index (χ3v) is 2.34. The summed E-state index contributed by atoms with van der Waals surface area (Å²) in [6, 6.07) is 2.32. The van der Waals surface area contributed by atoms with Crippen LogP contribution in [0.25, 0.3) is 0 Å². The molecule has 10 heavy (non-hydrogen) atoms. The molecule has 0 N–H and O–H groups in total. The van der Waals surface area contributed by atoms with Gasteiger partial charge in [0.15, 0.2) is 0 Å². The number of hydrogen-bond donors (Lipinski definition) is 0. The largest absolute Gasteiger partial charge is 0.385 e. The van der Waals surface area contributed by atoms with Crippen LogP contribution in [0.2, 0.25) is 0 Å². The normalized spacial score (nSPS) is 37.1. The van der Waals surface area contributed by atoms with Gasteiger partial charge in [0.2, 0.25) is 0 Å². The molecule has 2 nitrogen and oxygen atoms in total. The summed E-state index contributed by atoms with van der Waals surface area (Å²) >= 11 is 0. The van der Waals surface area contributed by atoms with Crippen LogP contribution >= 0.6 is 0 Å². The number of methoxy groups -OCH3 is 1. The number of nitrogens with zero attached hydrogens (tertiary/aromatic N) is 1. The van der Waals surface area contributed by atoms with Gasteiger partial charge in [0, 0.05) is 13.7 Å². The van der Waals surface area contributed by atoms with E-state index in [2.05, 4.69) is 6.07 Å². The Balaban J connectivity index is 2.20. The lowest BCUT2D eigenvalue weighted by molar-refractivity contribution is 0.187. The first kappa shape index (κ1) is 7.56. The summed E-state index contributed by atoms with van der Waals surface area (Å²) in [6.45, 7) is 2.81. The summed E-state index contributed by atoms with van der Waals surface area (Å²) in [5.74, 6) is 0.595. The van der Waals surface area contributed by atoms with E-state index in [1.54, 1.807) is 7.11 Å². The van der Waals surface area contributed by atoms with Crippen molar-refractivity contribution in [2.24, 2.45) is 11.3 Å². The molecular formula is C8H13NO. The fourth-order valence-electron chi connectivity index (χ4n) is 1.27. The summed E-state index contributed by atoms with van der Waals surface area (Å²) < 4.78 is 4.92.